The Morgan fingerprint density at radius 2 is 1.84 bits per heavy atom. The van der Waals surface area contributed by atoms with Gasteiger partial charge in [-0.15, -0.1) is 0 Å². The van der Waals surface area contributed by atoms with Crippen LogP contribution in [0.2, 0.25) is 0 Å². The second-order valence-electron chi connectivity index (χ2n) is 4.21. The quantitative estimate of drug-likeness (QED) is 0.794. The zero-order valence-electron chi connectivity index (χ0n) is 10.2. The molecule has 0 saturated heterocycles. The number of aromatic nitrogens is 2. The van der Waals surface area contributed by atoms with Crippen molar-refractivity contribution in [1.29, 1.82) is 0 Å². The molecule has 1 aromatic heterocycles. The lowest BCUT2D eigenvalue weighted by atomic mass is 10.2. The van der Waals surface area contributed by atoms with Crippen molar-refractivity contribution in [2.45, 2.75) is 6.54 Å². The van der Waals surface area contributed by atoms with Crippen LogP contribution < -0.4 is 5.32 Å². The van der Waals surface area contributed by atoms with Crippen molar-refractivity contribution >= 4 is 32.8 Å². The number of anilines is 1. The van der Waals surface area contributed by atoms with Crippen molar-refractivity contribution < 1.29 is 0 Å². The minimum Gasteiger partial charge on any atom is -0.350 e. The van der Waals surface area contributed by atoms with Gasteiger partial charge in [0.1, 0.15) is 0 Å². The molecule has 1 N–H and O–H groups in total. The average Bonchev–Trinajstić information content (AvgIpc) is 2.47. The van der Waals surface area contributed by atoms with E-state index in [1.807, 2.05) is 42.6 Å². The first kappa shape index (κ1) is 12.1. The number of hydrogen-bond acceptors (Lipinski definition) is 3. The maximum atomic E-state index is 4.52. The zero-order chi connectivity index (χ0) is 13.1. The molecular formula is C15H12BrN3. The second-order valence-corrected chi connectivity index (χ2v) is 5.06. The van der Waals surface area contributed by atoms with Gasteiger partial charge in [0.05, 0.1) is 5.52 Å². The molecule has 2 aromatic carbocycles. The third-order valence-corrected chi connectivity index (χ3v) is 3.49. The molecule has 0 amide bonds. The van der Waals surface area contributed by atoms with Crippen molar-refractivity contribution in [1.82, 2.24) is 9.97 Å². The lowest BCUT2D eigenvalue weighted by Crippen LogP contribution is -2.03. The first-order valence-electron chi connectivity index (χ1n) is 6.02. The van der Waals surface area contributed by atoms with Gasteiger partial charge in [-0.2, -0.15) is 0 Å². The van der Waals surface area contributed by atoms with Gasteiger partial charge in [0.2, 0.25) is 5.95 Å². The van der Waals surface area contributed by atoms with E-state index in [9.17, 15) is 0 Å². The summed E-state index contributed by atoms with van der Waals surface area (Å²) in [7, 11) is 0. The van der Waals surface area contributed by atoms with Gasteiger partial charge in [-0.05, 0) is 27.6 Å². The minimum atomic E-state index is 0.642. The lowest BCUT2D eigenvalue weighted by Gasteiger charge is -2.06. The molecule has 3 rings (SSSR count). The van der Waals surface area contributed by atoms with Gasteiger partial charge in [0.25, 0.3) is 0 Å². The maximum absolute atomic E-state index is 4.52. The molecule has 0 radical (unpaired) electrons. The summed E-state index contributed by atoms with van der Waals surface area (Å²) in [4.78, 5) is 8.84. The summed E-state index contributed by atoms with van der Waals surface area (Å²) < 4.78 is 0.982. The molecule has 4 heteroatoms. The summed E-state index contributed by atoms with van der Waals surface area (Å²) >= 11 is 3.51. The van der Waals surface area contributed by atoms with E-state index in [-0.39, 0.29) is 0 Å². The van der Waals surface area contributed by atoms with E-state index >= 15 is 0 Å². The smallest absolute Gasteiger partial charge is 0.223 e. The predicted octanol–water partition coefficient (Wildman–Crippen LogP) is 4.00. The molecule has 19 heavy (non-hydrogen) atoms. The summed E-state index contributed by atoms with van der Waals surface area (Å²) in [6.07, 6.45) is 1.83. The highest BCUT2D eigenvalue weighted by atomic mass is 79.9. The van der Waals surface area contributed by atoms with Crippen LogP contribution in [0.1, 0.15) is 5.56 Å². The van der Waals surface area contributed by atoms with E-state index in [0.717, 1.165) is 21.9 Å². The van der Waals surface area contributed by atoms with Crippen LogP contribution in [0.3, 0.4) is 0 Å². The molecule has 3 aromatic rings. The molecule has 0 fully saturated rings. The van der Waals surface area contributed by atoms with E-state index in [1.54, 1.807) is 0 Å². The van der Waals surface area contributed by atoms with Crippen LogP contribution in [0.15, 0.2) is 59.2 Å². The molecule has 0 unspecified atom stereocenters. The SMILES string of the molecule is Brc1cccc2cnc(NCc3ccccc3)nc12. The van der Waals surface area contributed by atoms with Crippen LogP contribution in [0.25, 0.3) is 10.9 Å². The largest absolute Gasteiger partial charge is 0.350 e. The number of rotatable bonds is 3. The van der Waals surface area contributed by atoms with Gasteiger partial charge >= 0.3 is 0 Å². The van der Waals surface area contributed by atoms with Crippen LogP contribution in [-0.2, 0) is 6.54 Å². The molecule has 0 saturated carbocycles. The first-order valence-corrected chi connectivity index (χ1v) is 6.81. The maximum Gasteiger partial charge on any atom is 0.223 e. The number of nitrogens with zero attached hydrogens (tertiary/aromatic N) is 2. The predicted molar refractivity (Wildman–Crippen MR) is 81.0 cm³/mol. The van der Waals surface area contributed by atoms with Gasteiger partial charge in [0.15, 0.2) is 0 Å². The number of hydrogen-bond donors (Lipinski definition) is 1. The van der Waals surface area contributed by atoms with Gasteiger partial charge in [-0.1, -0.05) is 42.5 Å². The minimum absolute atomic E-state index is 0.642. The highest BCUT2D eigenvalue weighted by molar-refractivity contribution is 9.10. The van der Waals surface area contributed by atoms with Crippen molar-refractivity contribution in [3.63, 3.8) is 0 Å². The summed E-state index contributed by atoms with van der Waals surface area (Å²) in [5.41, 5.74) is 2.13. The third kappa shape index (κ3) is 2.74. The zero-order valence-corrected chi connectivity index (χ0v) is 11.8. The van der Waals surface area contributed by atoms with E-state index < -0.39 is 0 Å². The average molecular weight is 314 g/mol. The van der Waals surface area contributed by atoms with Gasteiger partial charge in [0, 0.05) is 22.6 Å². The number of fused-ring (bicyclic) bond motifs is 1. The molecule has 0 aliphatic heterocycles. The van der Waals surface area contributed by atoms with E-state index in [4.69, 9.17) is 0 Å². The highest BCUT2D eigenvalue weighted by Crippen LogP contribution is 2.22. The molecule has 3 nitrogen and oxygen atoms in total. The molecule has 0 atom stereocenters. The van der Waals surface area contributed by atoms with Crippen molar-refractivity contribution in [2.75, 3.05) is 5.32 Å². The van der Waals surface area contributed by atoms with E-state index in [2.05, 4.69) is 43.3 Å². The molecule has 0 aliphatic rings. The summed E-state index contributed by atoms with van der Waals surface area (Å²) in [6, 6.07) is 16.2. The monoisotopic (exact) mass is 313 g/mol. The Morgan fingerprint density at radius 1 is 1.00 bits per heavy atom. The van der Waals surface area contributed by atoms with Crippen LogP contribution in [0, 0.1) is 0 Å². The number of halogens is 1. The second kappa shape index (κ2) is 5.36. The Bertz CT molecular complexity index is 698. The van der Waals surface area contributed by atoms with Crippen molar-refractivity contribution in [3.05, 3.63) is 64.8 Å². The molecule has 0 aliphatic carbocycles. The molecule has 94 valence electrons. The Kier molecular flexibility index (Phi) is 3.42. The van der Waals surface area contributed by atoms with Crippen molar-refractivity contribution in [2.24, 2.45) is 0 Å². The van der Waals surface area contributed by atoms with Gasteiger partial charge in [-0.25, -0.2) is 9.97 Å². The first-order chi connectivity index (χ1) is 9.33. The van der Waals surface area contributed by atoms with Gasteiger partial charge < -0.3 is 5.32 Å². The fourth-order valence-electron chi connectivity index (χ4n) is 1.88. The van der Waals surface area contributed by atoms with E-state index in [0.29, 0.717) is 5.95 Å². The Morgan fingerprint density at radius 3 is 2.68 bits per heavy atom. The summed E-state index contributed by atoms with van der Waals surface area (Å²) in [5, 5.41) is 4.26. The topological polar surface area (TPSA) is 37.8 Å². The third-order valence-electron chi connectivity index (χ3n) is 2.86. The molecule has 1 heterocycles. The fourth-order valence-corrected chi connectivity index (χ4v) is 2.35. The molecule has 0 bridgehead atoms. The number of benzene rings is 2. The van der Waals surface area contributed by atoms with Crippen LogP contribution in [-0.4, -0.2) is 9.97 Å². The Hall–Kier alpha value is -1.94. The standard InChI is InChI=1S/C15H12BrN3/c16-13-8-4-7-12-10-18-15(19-14(12)13)17-9-11-5-2-1-3-6-11/h1-8,10H,9H2,(H,17,18,19). The Balaban J connectivity index is 1.84. The lowest BCUT2D eigenvalue weighted by molar-refractivity contribution is 1.07. The van der Waals surface area contributed by atoms with Crippen LogP contribution in [0.5, 0.6) is 0 Å². The van der Waals surface area contributed by atoms with Crippen LogP contribution in [0.4, 0.5) is 5.95 Å². The molecule has 0 spiro atoms. The van der Waals surface area contributed by atoms with Crippen LogP contribution >= 0.6 is 15.9 Å². The van der Waals surface area contributed by atoms with Crippen molar-refractivity contribution in [3.8, 4) is 0 Å². The fraction of sp³-hybridized carbons (Fsp3) is 0.0667. The molecular weight excluding hydrogens is 302 g/mol. The Labute approximate surface area is 119 Å². The summed E-state index contributed by atoms with van der Waals surface area (Å²) in [5.74, 6) is 0.642. The number of para-hydroxylation sites is 1. The highest BCUT2D eigenvalue weighted by Gasteiger charge is 2.02. The number of nitrogens with one attached hydrogen (secondary N) is 1. The summed E-state index contributed by atoms with van der Waals surface area (Å²) in [6.45, 7) is 0.719. The van der Waals surface area contributed by atoms with Gasteiger partial charge in [-0.3, -0.25) is 0 Å². The normalized spacial score (nSPS) is 10.6. The van der Waals surface area contributed by atoms with E-state index in [1.165, 1.54) is 5.56 Å².